The summed E-state index contributed by atoms with van der Waals surface area (Å²) < 4.78 is 30.4. The first-order valence-electron chi connectivity index (χ1n) is 7.06. The molecule has 0 aromatic heterocycles. The summed E-state index contributed by atoms with van der Waals surface area (Å²) in [5.41, 5.74) is 6.10. The number of hydrogen-bond donors (Lipinski definition) is 1. The first-order chi connectivity index (χ1) is 9.91. The van der Waals surface area contributed by atoms with Gasteiger partial charge in [-0.1, -0.05) is 49.5 Å². The number of benzene rings is 1. The Morgan fingerprint density at radius 3 is 2.43 bits per heavy atom. The van der Waals surface area contributed by atoms with E-state index in [9.17, 15) is 8.42 Å². The maximum absolute atomic E-state index is 12.5. The van der Waals surface area contributed by atoms with Gasteiger partial charge in [-0.2, -0.15) is 0 Å². The van der Waals surface area contributed by atoms with Gasteiger partial charge in [-0.15, -0.1) is 0 Å². The van der Waals surface area contributed by atoms with E-state index in [4.69, 9.17) is 22.7 Å². The van der Waals surface area contributed by atoms with E-state index in [-0.39, 0.29) is 23.3 Å². The van der Waals surface area contributed by atoms with E-state index in [1.165, 1.54) is 0 Å². The number of rotatable bonds is 7. The van der Waals surface area contributed by atoms with Gasteiger partial charge in [0.1, 0.15) is 0 Å². The second-order valence-corrected chi connectivity index (χ2v) is 8.15. The Morgan fingerprint density at radius 2 is 1.95 bits per heavy atom. The fourth-order valence-electron chi connectivity index (χ4n) is 3.05. The highest BCUT2D eigenvalue weighted by molar-refractivity contribution is 7.92. The molecule has 1 saturated carbocycles. The van der Waals surface area contributed by atoms with Crippen LogP contribution in [-0.4, -0.2) is 37.6 Å². The smallest absolute Gasteiger partial charge is 0.154 e. The third kappa shape index (κ3) is 2.72. The van der Waals surface area contributed by atoms with Gasteiger partial charge in [0.05, 0.1) is 22.3 Å². The van der Waals surface area contributed by atoms with Gasteiger partial charge in [0.15, 0.2) is 9.84 Å². The quantitative estimate of drug-likeness (QED) is 0.775. The van der Waals surface area contributed by atoms with Crippen LogP contribution in [-0.2, 0) is 14.6 Å². The minimum absolute atomic E-state index is 0.0808. The van der Waals surface area contributed by atoms with Crippen molar-refractivity contribution >= 4 is 27.0 Å². The monoisotopic (exact) mass is 327 g/mol. The summed E-state index contributed by atoms with van der Waals surface area (Å²) in [6, 6.07) is 9.55. The number of nitrogens with two attached hydrogens (primary N) is 1. The van der Waals surface area contributed by atoms with E-state index in [0.717, 1.165) is 5.56 Å². The molecule has 0 radical (unpaired) electrons. The first kappa shape index (κ1) is 16.4. The van der Waals surface area contributed by atoms with Crippen molar-refractivity contribution in [2.45, 2.75) is 25.0 Å². The van der Waals surface area contributed by atoms with E-state index < -0.39 is 20.5 Å². The molecule has 1 aromatic rings. The SMILES string of the molecule is CCOC[C@@]1(C(N)=S)[C@H](c2ccccc2)[C@@H]1S(=O)(=O)CC. The molecule has 116 valence electrons. The van der Waals surface area contributed by atoms with Crippen molar-refractivity contribution in [3.05, 3.63) is 35.9 Å². The highest BCUT2D eigenvalue weighted by Crippen LogP contribution is 2.63. The zero-order chi connectivity index (χ0) is 15.7. The Morgan fingerprint density at radius 1 is 1.33 bits per heavy atom. The fraction of sp³-hybridized carbons (Fsp3) is 0.533. The molecule has 0 aliphatic heterocycles. The second-order valence-electron chi connectivity index (χ2n) is 5.30. The third-order valence-corrected chi connectivity index (χ3v) is 6.86. The Labute approximate surface area is 131 Å². The van der Waals surface area contributed by atoms with Gasteiger partial charge in [-0.25, -0.2) is 8.42 Å². The van der Waals surface area contributed by atoms with E-state index in [1.54, 1.807) is 6.92 Å². The maximum atomic E-state index is 12.5. The Bertz CT molecular complexity index is 615. The van der Waals surface area contributed by atoms with Crippen molar-refractivity contribution in [1.29, 1.82) is 0 Å². The predicted octanol–water partition coefficient (Wildman–Crippen LogP) is 1.90. The molecule has 0 bridgehead atoms. The lowest BCUT2D eigenvalue weighted by Gasteiger charge is -2.16. The lowest BCUT2D eigenvalue weighted by atomic mass is 10.00. The summed E-state index contributed by atoms with van der Waals surface area (Å²) in [4.78, 5) is 0.229. The summed E-state index contributed by atoms with van der Waals surface area (Å²) >= 11 is 5.21. The second kappa shape index (κ2) is 6.02. The molecule has 1 aliphatic carbocycles. The summed E-state index contributed by atoms with van der Waals surface area (Å²) in [6.07, 6.45) is 0. The number of hydrogen-bond acceptors (Lipinski definition) is 4. The van der Waals surface area contributed by atoms with Gasteiger partial charge >= 0.3 is 0 Å². The lowest BCUT2D eigenvalue weighted by molar-refractivity contribution is 0.121. The van der Waals surface area contributed by atoms with Gasteiger partial charge < -0.3 is 10.5 Å². The van der Waals surface area contributed by atoms with Crippen LogP contribution in [0.1, 0.15) is 25.3 Å². The Balaban J connectivity index is 2.47. The standard InChI is InChI=1S/C15H21NO3S2/c1-3-19-10-15(14(16)20)12(11-8-6-5-7-9-11)13(15)21(17,18)4-2/h5-9,12-13H,3-4,10H2,1-2H3,(H2,16,20)/t12-,13+,15-/m1/s1. The lowest BCUT2D eigenvalue weighted by Crippen LogP contribution is -2.33. The van der Waals surface area contributed by atoms with Crippen LogP contribution in [0.25, 0.3) is 0 Å². The highest BCUT2D eigenvalue weighted by atomic mass is 32.2. The normalized spacial score (nSPS) is 28.3. The Hall–Kier alpha value is -0.980. The van der Waals surface area contributed by atoms with Crippen molar-refractivity contribution in [2.75, 3.05) is 19.0 Å². The van der Waals surface area contributed by atoms with Crippen molar-refractivity contribution in [1.82, 2.24) is 0 Å². The van der Waals surface area contributed by atoms with Gasteiger partial charge in [0.25, 0.3) is 0 Å². The molecule has 1 aromatic carbocycles. The summed E-state index contributed by atoms with van der Waals surface area (Å²) in [5.74, 6) is -0.134. The maximum Gasteiger partial charge on any atom is 0.154 e. The van der Waals surface area contributed by atoms with Crippen molar-refractivity contribution in [3.8, 4) is 0 Å². The van der Waals surface area contributed by atoms with Crippen LogP contribution in [0.5, 0.6) is 0 Å². The van der Waals surface area contributed by atoms with Crippen molar-refractivity contribution in [2.24, 2.45) is 11.1 Å². The topological polar surface area (TPSA) is 69.4 Å². The zero-order valence-corrected chi connectivity index (χ0v) is 13.9. The first-order valence-corrected chi connectivity index (χ1v) is 9.18. The zero-order valence-electron chi connectivity index (χ0n) is 12.3. The molecule has 2 N–H and O–H groups in total. The van der Waals surface area contributed by atoms with Crippen LogP contribution in [0.3, 0.4) is 0 Å². The number of ether oxygens (including phenoxy) is 1. The van der Waals surface area contributed by atoms with Gasteiger partial charge in [-0.3, -0.25) is 0 Å². The highest BCUT2D eigenvalue weighted by Gasteiger charge is 2.72. The molecule has 2 rings (SSSR count). The molecular formula is C15H21NO3S2. The third-order valence-electron chi connectivity index (χ3n) is 4.21. The molecule has 6 heteroatoms. The number of sulfone groups is 1. The van der Waals surface area contributed by atoms with E-state index >= 15 is 0 Å². The van der Waals surface area contributed by atoms with Crippen LogP contribution in [0.15, 0.2) is 30.3 Å². The molecule has 1 fully saturated rings. The molecule has 3 atom stereocenters. The summed E-state index contributed by atoms with van der Waals surface area (Å²) in [5, 5.41) is -0.582. The molecule has 1 aliphatic rings. The molecule has 4 nitrogen and oxygen atoms in total. The summed E-state index contributed by atoms with van der Waals surface area (Å²) in [7, 11) is -3.25. The van der Waals surface area contributed by atoms with Crippen LogP contribution in [0.2, 0.25) is 0 Å². The molecule has 0 saturated heterocycles. The van der Waals surface area contributed by atoms with E-state index in [1.807, 2.05) is 37.3 Å². The molecule has 0 unspecified atom stereocenters. The van der Waals surface area contributed by atoms with Crippen molar-refractivity contribution in [3.63, 3.8) is 0 Å². The van der Waals surface area contributed by atoms with E-state index in [0.29, 0.717) is 6.61 Å². The predicted molar refractivity (Wildman–Crippen MR) is 88.1 cm³/mol. The number of thiocarbonyl (C=S) groups is 1. The van der Waals surface area contributed by atoms with Gasteiger partial charge in [0, 0.05) is 18.3 Å². The van der Waals surface area contributed by atoms with Crippen LogP contribution in [0, 0.1) is 5.41 Å². The average Bonchev–Trinajstić information content (AvgIpc) is 3.17. The van der Waals surface area contributed by atoms with Crippen molar-refractivity contribution < 1.29 is 13.2 Å². The molecule has 21 heavy (non-hydrogen) atoms. The summed E-state index contributed by atoms with van der Waals surface area (Å²) in [6.45, 7) is 4.28. The van der Waals surface area contributed by atoms with Crippen LogP contribution in [0.4, 0.5) is 0 Å². The molecule has 0 heterocycles. The van der Waals surface area contributed by atoms with Crippen LogP contribution >= 0.6 is 12.2 Å². The Kier molecular flexibility index (Phi) is 4.70. The van der Waals surface area contributed by atoms with Gasteiger partial charge in [-0.05, 0) is 12.5 Å². The fourth-order valence-corrected chi connectivity index (χ4v) is 5.52. The minimum Gasteiger partial charge on any atom is -0.393 e. The minimum atomic E-state index is -3.25. The molecular weight excluding hydrogens is 306 g/mol. The average molecular weight is 327 g/mol. The van der Waals surface area contributed by atoms with Gasteiger partial charge in [0.2, 0.25) is 0 Å². The largest absolute Gasteiger partial charge is 0.393 e. The van der Waals surface area contributed by atoms with E-state index in [2.05, 4.69) is 0 Å². The molecule has 0 amide bonds. The molecule has 0 spiro atoms. The van der Waals surface area contributed by atoms with Crippen LogP contribution < -0.4 is 5.73 Å².